The van der Waals surface area contributed by atoms with Gasteiger partial charge in [0, 0.05) is 26.1 Å². The first kappa shape index (κ1) is 16.1. The van der Waals surface area contributed by atoms with Crippen molar-refractivity contribution < 1.29 is 4.74 Å². The topological polar surface area (TPSA) is 52.0 Å². The number of nitrogens with one attached hydrogen (secondary N) is 1. The van der Waals surface area contributed by atoms with E-state index in [0.717, 1.165) is 31.9 Å². The minimum Gasteiger partial charge on any atom is -0.383 e. The van der Waals surface area contributed by atoms with Gasteiger partial charge in [0.05, 0.1) is 6.61 Å². The van der Waals surface area contributed by atoms with Crippen LogP contribution in [-0.4, -0.2) is 41.6 Å². The number of nitrogens with zero attached hydrogens (tertiary/aromatic N) is 3. The molecule has 0 aliphatic heterocycles. The van der Waals surface area contributed by atoms with E-state index < -0.39 is 0 Å². The van der Waals surface area contributed by atoms with Gasteiger partial charge < -0.3 is 10.1 Å². The molecule has 0 bridgehead atoms. The smallest absolute Gasteiger partial charge is 0.138 e. The van der Waals surface area contributed by atoms with Crippen LogP contribution in [0, 0.1) is 11.8 Å². The molecular weight excluding hydrogens is 240 g/mol. The number of rotatable bonds is 9. The summed E-state index contributed by atoms with van der Waals surface area (Å²) in [6, 6.07) is 0.367. The third-order valence-corrected chi connectivity index (χ3v) is 3.41. The van der Waals surface area contributed by atoms with Gasteiger partial charge in [-0.3, -0.25) is 0 Å². The van der Waals surface area contributed by atoms with Gasteiger partial charge in [-0.25, -0.2) is 9.67 Å². The van der Waals surface area contributed by atoms with Gasteiger partial charge >= 0.3 is 0 Å². The summed E-state index contributed by atoms with van der Waals surface area (Å²) < 4.78 is 7.07. The summed E-state index contributed by atoms with van der Waals surface area (Å²) in [5.41, 5.74) is 0. The highest BCUT2D eigenvalue weighted by Gasteiger charge is 2.18. The van der Waals surface area contributed by atoms with E-state index in [0.29, 0.717) is 17.9 Å². The maximum Gasteiger partial charge on any atom is 0.138 e. The standard InChI is InChI=1S/C14H28N4O/c1-11(2)13(9-15-6-7-19-5)8-14-16-10-17-18(14)12(3)4/h10-13,15H,6-9H2,1-5H3. The first-order valence-corrected chi connectivity index (χ1v) is 7.14. The second kappa shape index (κ2) is 8.27. The van der Waals surface area contributed by atoms with Crippen LogP contribution in [0.1, 0.15) is 39.6 Å². The molecular formula is C14H28N4O. The predicted molar refractivity (Wildman–Crippen MR) is 77.2 cm³/mol. The first-order valence-electron chi connectivity index (χ1n) is 7.14. The SMILES string of the molecule is COCCNCC(Cc1ncnn1C(C)C)C(C)C. The zero-order chi connectivity index (χ0) is 14.3. The summed E-state index contributed by atoms with van der Waals surface area (Å²) in [5, 5.41) is 7.75. The molecule has 0 saturated carbocycles. The fourth-order valence-corrected chi connectivity index (χ4v) is 2.09. The molecule has 1 aromatic rings. The van der Waals surface area contributed by atoms with E-state index in [1.165, 1.54) is 0 Å². The molecule has 0 saturated heterocycles. The van der Waals surface area contributed by atoms with E-state index in [9.17, 15) is 0 Å². The lowest BCUT2D eigenvalue weighted by Crippen LogP contribution is -2.31. The molecule has 0 spiro atoms. The molecule has 0 aliphatic rings. The van der Waals surface area contributed by atoms with Gasteiger partial charge in [0.1, 0.15) is 12.2 Å². The Kier molecular flexibility index (Phi) is 7.02. The average molecular weight is 268 g/mol. The van der Waals surface area contributed by atoms with Crippen molar-refractivity contribution in [2.75, 3.05) is 26.8 Å². The quantitative estimate of drug-likeness (QED) is 0.695. The second-order valence-electron chi connectivity index (χ2n) is 5.62. The molecule has 1 unspecified atom stereocenters. The molecule has 0 amide bonds. The lowest BCUT2D eigenvalue weighted by molar-refractivity contribution is 0.195. The van der Waals surface area contributed by atoms with Crippen molar-refractivity contribution in [3.63, 3.8) is 0 Å². The van der Waals surface area contributed by atoms with Crippen molar-refractivity contribution in [3.05, 3.63) is 12.2 Å². The van der Waals surface area contributed by atoms with Crippen molar-refractivity contribution in [3.8, 4) is 0 Å². The van der Waals surface area contributed by atoms with Crippen LogP contribution in [0.15, 0.2) is 6.33 Å². The zero-order valence-electron chi connectivity index (χ0n) is 12.9. The van der Waals surface area contributed by atoms with Gasteiger partial charge in [0.25, 0.3) is 0 Å². The van der Waals surface area contributed by atoms with E-state index in [-0.39, 0.29) is 0 Å². The zero-order valence-corrected chi connectivity index (χ0v) is 12.9. The molecule has 5 heteroatoms. The summed E-state index contributed by atoms with van der Waals surface area (Å²) in [5.74, 6) is 2.27. The first-order chi connectivity index (χ1) is 9.06. The summed E-state index contributed by atoms with van der Waals surface area (Å²) in [7, 11) is 1.73. The largest absolute Gasteiger partial charge is 0.383 e. The highest BCUT2D eigenvalue weighted by molar-refractivity contribution is 4.90. The highest BCUT2D eigenvalue weighted by Crippen LogP contribution is 2.17. The summed E-state index contributed by atoms with van der Waals surface area (Å²) >= 11 is 0. The normalized spacial score (nSPS) is 13.4. The Morgan fingerprint density at radius 1 is 1.32 bits per heavy atom. The van der Waals surface area contributed by atoms with Crippen LogP contribution in [-0.2, 0) is 11.2 Å². The molecule has 0 aliphatic carbocycles. The summed E-state index contributed by atoms with van der Waals surface area (Å²) in [4.78, 5) is 4.40. The van der Waals surface area contributed by atoms with E-state index >= 15 is 0 Å². The number of hydrogen-bond acceptors (Lipinski definition) is 4. The maximum absolute atomic E-state index is 5.05. The van der Waals surface area contributed by atoms with Gasteiger partial charge in [-0.1, -0.05) is 13.8 Å². The second-order valence-corrected chi connectivity index (χ2v) is 5.62. The van der Waals surface area contributed by atoms with Crippen molar-refractivity contribution in [1.82, 2.24) is 20.1 Å². The lowest BCUT2D eigenvalue weighted by atomic mass is 9.92. The van der Waals surface area contributed by atoms with E-state index in [1.54, 1.807) is 13.4 Å². The summed E-state index contributed by atoms with van der Waals surface area (Å²) in [6.45, 7) is 11.5. The molecule has 5 nitrogen and oxygen atoms in total. The molecule has 0 radical (unpaired) electrons. The maximum atomic E-state index is 5.05. The predicted octanol–water partition coefficient (Wildman–Crippen LogP) is 1.91. The van der Waals surface area contributed by atoms with Crippen molar-refractivity contribution in [1.29, 1.82) is 0 Å². The number of ether oxygens (including phenoxy) is 1. The van der Waals surface area contributed by atoms with E-state index in [4.69, 9.17) is 4.74 Å². The van der Waals surface area contributed by atoms with Gasteiger partial charge in [0.2, 0.25) is 0 Å². The van der Waals surface area contributed by atoms with Crippen LogP contribution in [0.4, 0.5) is 0 Å². The Balaban J connectivity index is 2.55. The molecule has 0 fully saturated rings. The molecule has 1 rings (SSSR count). The van der Waals surface area contributed by atoms with Crippen molar-refractivity contribution in [2.45, 2.75) is 40.2 Å². The third kappa shape index (κ3) is 5.28. The minimum absolute atomic E-state index is 0.367. The fourth-order valence-electron chi connectivity index (χ4n) is 2.09. The fraction of sp³-hybridized carbons (Fsp3) is 0.857. The van der Waals surface area contributed by atoms with Crippen molar-refractivity contribution >= 4 is 0 Å². The Morgan fingerprint density at radius 2 is 2.05 bits per heavy atom. The molecule has 1 N–H and O–H groups in total. The van der Waals surface area contributed by atoms with Gasteiger partial charge in [-0.05, 0) is 32.2 Å². The molecule has 1 heterocycles. The third-order valence-electron chi connectivity index (χ3n) is 3.41. The number of hydrogen-bond donors (Lipinski definition) is 1. The van der Waals surface area contributed by atoms with Crippen LogP contribution < -0.4 is 5.32 Å². The van der Waals surface area contributed by atoms with E-state index in [1.807, 2.05) is 4.68 Å². The monoisotopic (exact) mass is 268 g/mol. The Morgan fingerprint density at radius 3 is 2.63 bits per heavy atom. The molecule has 19 heavy (non-hydrogen) atoms. The van der Waals surface area contributed by atoms with Crippen molar-refractivity contribution in [2.24, 2.45) is 11.8 Å². The number of methoxy groups -OCH3 is 1. The summed E-state index contributed by atoms with van der Waals surface area (Å²) in [6.07, 6.45) is 2.63. The highest BCUT2D eigenvalue weighted by atomic mass is 16.5. The van der Waals surface area contributed by atoms with Crippen LogP contribution in [0.3, 0.4) is 0 Å². The lowest BCUT2D eigenvalue weighted by Gasteiger charge is -2.22. The van der Waals surface area contributed by atoms with Crippen LogP contribution in [0.5, 0.6) is 0 Å². The molecule has 110 valence electrons. The Hall–Kier alpha value is -0.940. The van der Waals surface area contributed by atoms with Gasteiger partial charge in [-0.15, -0.1) is 0 Å². The van der Waals surface area contributed by atoms with Gasteiger partial charge in [-0.2, -0.15) is 5.10 Å². The van der Waals surface area contributed by atoms with Crippen LogP contribution in [0.2, 0.25) is 0 Å². The molecule has 1 atom stereocenters. The van der Waals surface area contributed by atoms with Gasteiger partial charge in [0.15, 0.2) is 0 Å². The number of aromatic nitrogens is 3. The van der Waals surface area contributed by atoms with Crippen LogP contribution >= 0.6 is 0 Å². The molecule has 1 aromatic heterocycles. The molecule has 0 aromatic carbocycles. The Bertz CT molecular complexity index is 349. The average Bonchev–Trinajstić information content (AvgIpc) is 2.81. The minimum atomic E-state index is 0.367. The van der Waals surface area contributed by atoms with E-state index in [2.05, 4.69) is 43.1 Å². The van der Waals surface area contributed by atoms with Crippen LogP contribution in [0.25, 0.3) is 0 Å². The Labute approximate surface area is 116 Å².